The number of nitrogens with zero attached hydrogens (tertiary/aromatic N) is 5. The third-order valence-electron chi connectivity index (χ3n) is 7.08. The maximum absolute atomic E-state index is 13.4. The molecule has 4 heterocycles. The number of rotatable bonds is 12. The predicted octanol–water partition coefficient (Wildman–Crippen LogP) is 2.34. The van der Waals surface area contributed by atoms with Crippen LogP contribution in [0, 0.1) is 0 Å². The molecule has 2 aliphatic rings. The van der Waals surface area contributed by atoms with Gasteiger partial charge in [0.05, 0.1) is 5.56 Å². The number of hydrogen-bond donors (Lipinski definition) is 6. The fraction of sp³-hybridized carbons (Fsp3) is 0.172. The molecule has 49 heavy (non-hydrogen) atoms. The lowest BCUT2D eigenvalue weighted by Crippen LogP contribution is -2.71. The van der Waals surface area contributed by atoms with Gasteiger partial charge in [0.1, 0.15) is 29.4 Å². The summed E-state index contributed by atoms with van der Waals surface area (Å²) in [6, 6.07) is 8.87. The number of carbonyl (C=O) groups excluding carboxylic acids is 2. The van der Waals surface area contributed by atoms with Crippen molar-refractivity contribution in [2.45, 2.75) is 23.2 Å². The molecular formula is C29H23N7O10S3. The summed E-state index contributed by atoms with van der Waals surface area (Å²) in [7, 11) is 0. The molecule has 4 aromatic rings. The fourth-order valence-electron chi connectivity index (χ4n) is 4.76. The molecule has 0 unspecified atom stereocenters. The monoisotopic (exact) mass is 725 g/mol. The topological polar surface area (TPSA) is 264 Å². The first-order chi connectivity index (χ1) is 23.5. The molecule has 2 amide bonds. The predicted molar refractivity (Wildman–Crippen MR) is 175 cm³/mol. The average Bonchev–Trinajstić information content (AvgIpc) is 3.74. The second kappa shape index (κ2) is 13.9. The number of oxime groups is 1. The number of thiazole rings is 1. The number of nitrogen functional groups attached to an aromatic ring is 1. The van der Waals surface area contributed by atoms with Gasteiger partial charge in [-0.2, -0.15) is 0 Å². The van der Waals surface area contributed by atoms with Crippen molar-refractivity contribution in [3.05, 3.63) is 75.9 Å². The van der Waals surface area contributed by atoms with Crippen molar-refractivity contribution >= 4 is 69.5 Å². The number of phenols is 2. The van der Waals surface area contributed by atoms with Gasteiger partial charge in [0, 0.05) is 22.4 Å². The van der Waals surface area contributed by atoms with Crippen molar-refractivity contribution in [2.75, 3.05) is 17.2 Å². The smallest absolute Gasteiger partial charge is 0.352 e. The number of fused-ring (bicyclic) bond motifs is 1. The van der Waals surface area contributed by atoms with Crippen LogP contribution < -0.4 is 11.1 Å². The Morgan fingerprint density at radius 2 is 1.94 bits per heavy atom. The summed E-state index contributed by atoms with van der Waals surface area (Å²) in [4.78, 5) is 60.9. The number of thioether (sulfide) groups is 2. The number of carboxylic acid groups (broad SMARTS) is 2. The number of nitrogens with one attached hydrogen (secondary N) is 1. The molecular weight excluding hydrogens is 703 g/mol. The Morgan fingerprint density at radius 1 is 1.12 bits per heavy atom. The first-order valence-electron chi connectivity index (χ1n) is 13.9. The first kappa shape index (κ1) is 33.3. The van der Waals surface area contributed by atoms with E-state index in [4.69, 9.17) is 15.0 Å². The second-order valence-electron chi connectivity index (χ2n) is 10.3. The Balaban J connectivity index is 1.13. The van der Waals surface area contributed by atoms with E-state index in [1.165, 1.54) is 53.5 Å². The maximum Gasteiger partial charge on any atom is 0.352 e. The molecule has 7 N–H and O–H groups in total. The minimum absolute atomic E-state index is 0.0428. The fourth-order valence-corrected chi connectivity index (χ4v) is 7.56. The zero-order valence-corrected chi connectivity index (χ0v) is 27.1. The number of anilines is 1. The Labute approximate surface area is 287 Å². The summed E-state index contributed by atoms with van der Waals surface area (Å²) < 4.78 is 5.61. The SMILES string of the molecule is Nc1nc(/C(=N/OCc2cccc(C(=O)O)c2)C(=O)N[C@@H]2C(=O)N3C(C(=O)O)=C(CSc4nnc(-c5ccc(O)c(O)c5)o4)CS[C@H]23)cs1. The molecule has 2 atom stereocenters. The van der Waals surface area contributed by atoms with Crippen LogP contribution in [-0.4, -0.2) is 92.9 Å². The number of β-lactam (4-membered cyclic amide) rings is 1. The third kappa shape index (κ3) is 7.00. The van der Waals surface area contributed by atoms with Crippen LogP contribution in [0.15, 0.2) is 73.9 Å². The summed E-state index contributed by atoms with van der Waals surface area (Å²) in [6.45, 7) is -0.176. The van der Waals surface area contributed by atoms with Gasteiger partial charge in [0.2, 0.25) is 5.89 Å². The zero-order valence-electron chi connectivity index (χ0n) is 24.7. The summed E-state index contributed by atoms with van der Waals surface area (Å²) in [5.74, 6) is -4.22. The number of nitrogens with two attached hydrogens (primary N) is 1. The number of amides is 2. The molecule has 17 nitrogen and oxygen atoms in total. The van der Waals surface area contributed by atoms with Gasteiger partial charge < -0.3 is 40.7 Å². The van der Waals surface area contributed by atoms with Crippen LogP contribution in [0.2, 0.25) is 0 Å². The molecule has 2 aliphatic heterocycles. The van der Waals surface area contributed by atoms with Crippen LogP contribution in [0.3, 0.4) is 0 Å². The first-order valence-corrected chi connectivity index (χ1v) is 16.8. The van der Waals surface area contributed by atoms with Gasteiger partial charge in [-0.1, -0.05) is 29.1 Å². The van der Waals surface area contributed by atoms with E-state index >= 15 is 0 Å². The standard InChI is InChI=1S/C29H23N7O10S3/c30-28-31-16(11-48-28)19(35-45-8-12-2-1-3-14(6-12)26(41)42)22(39)32-20-24(40)36-21(27(43)44)15(9-47-25(20)36)10-49-29-34-33-23(46-29)13-4-5-17(37)18(38)7-13/h1-7,11,20,25,37-38H,8-10H2,(H2,30,31)(H,32,39)(H,41,42)(H,43,44)/b35-19-/t20-,25-/m1/s1. The van der Waals surface area contributed by atoms with Gasteiger partial charge >= 0.3 is 11.9 Å². The van der Waals surface area contributed by atoms with Crippen LogP contribution in [0.1, 0.15) is 21.6 Å². The molecule has 20 heteroatoms. The van der Waals surface area contributed by atoms with E-state index in [0.29, 0.717) is 16.7 Å². The summed E-state index contributed by atoms with van der Waals surface area (Å²) in [6.07, 6.45) is 0. The number of aliphatic carboxylic acids is 1. The van der Waals surface area contributed by atoms with Gasteiger partial charge in [0.15, 0.2) is 22.3 Å². The molecule has 2 aromatic heterocycles. The molecule has 6 rings (SSSR count). The number of aromatic hydroxyl groups is 2. The van der Waals surface area contributed by atoms with E-state index in [-0.39, 0.29) is 68.5 Å². The molecule has 0 radical (unpaired) electrons. The van der Waals surface area contributed by atoms with Crippen molar-refractivity contribution in [1.82, 2.24) is 25.4 Å². The van der Waals surface area contributed by atoms with Gasteiger partial charge in [0.25, 0.3) is 17.0 Å². The molecule has 0 saturated carbocycles. The summed E-state index contributed by atoms with van der Waals surface area (Å²) in [5.41, 5.74) is 6.62. The summed E-state index contributed by atoms with van der Waals surface area (Å²) in [5, 5.41) is 53.9. The lowest BCUT2D eigenvalue weighted by Gasteiger charge is -2.49. The molecule has 2 aromatic carbocycles. The molecule has 0 bridgehead atoms. The molecule has 252 valence electrons. The van der Waals surface area contributed by atoms with Crippen molar-refractivity contribution in [2.24, 2.45) is 5.16 Å². The largest absolute Gasteiger partial charge is 0.504 e. The van der Waals surface area contributed by atoms with E-state index in [2.05, 4.69) is 25.7 Å². The number of aromatic nitrogens is 3. The van der Waals surface area contributed by atoms with Crippen molar-refractivity contribution < 1.29 is 48.9 Å². The Bertz CT molecular complexity index is 2050. The highest BCUT2D eigenvalue weighted by Gasteiger charge is 2.54. The lowest BCUT2D eigenvalue weighted by molar-refractivity contribution is -0.150. The van der Waals surface area contributed by atoms with Crippen LogP contribution >= 0.6 is 34.9 Å². The van der Waals surface area contributed by atoms with Crippen LogP contribution in [0.25, 0.3) is 11.5 Å². The van der Waals surface area contributed by atoms with E-state index in [9.17, 15) is 39.6 Å². The highest BCUT2D eigenvalue weighted by atomic mass is 32.2. The van der Waals surface area contributed by atoms with Crippen LogP contribution in [-0.2, 0) is 25.8 Å². The number of carbonyl (C=O) groups is 4. The summed E-state index contributed by atoms with van der Waals surface area (Å²) >= 11 is 3.35. The third-order valence-corrected chi connectivity index (χ3v) is 9.99. The maximum atomic E-state index is 13.4. The van der Waals surface area contributed by atoms with Crippen molar-refractivity contribution in [1.29, 1.82) is 0 Å². The zero-order chi connectivity index (χ0) is 34.8. The second-order valence-corrected chi connectivity index (χ2v) is 13.2. The number of aromatic carboxylic acids is 1. The van der Waals surface area contributed by atoms with Crippen molar-refractivity contribution in [3.63, 3.8) is 0 Å². The number of hydrogen-bond acceptors (Lipinski definition) is 16. The van der Waals surface area contributed by atoms with Gasteiger partial charge in [-0.15, -0.1) is 33.3 Å². The number of benzene rings is 2. The minimum atomic E-state index is -1.33. The number of carboxylic acids is 2. The van der Waals surface area contributed by atoms with E-state index in [1.54, 1.807) is 6.07 Å². The van der Waals surface area contributed by atoms with Crippen molar-refractivity contribution in [3.8, 4) is 23.0 Å². The Kier molecular flexibility index (Phi) is 9.42. The molecule has 1 fully saturated rings. The number of phenolic OH excluding ortho intramolecular Hbond substituents is 2. The van der Waals surface area contributed by atoms with E-state index in [1.807, 2.05) is 0 Å². The van der Waals surface area contributed by atoms with E-state index in [0.717, 1.165) is 28.0 Å². The Hall–Kier alpha value is -5.60. The minimum Gasteiger partial charge on any atom is -0.504 e. The highest BCUT2D eigenvalue weighted by molar-refractivity contribution is 8.01. The van der Waals surface area contributed by atoms with Crippen LogP contribution in [0.4, 0.5) is 5.13 Å². The van der Waals surface area contributed by atoms with Gasteiger partial charge in [-0.3, -0.25) is 14.5 Å². The van der Waals surface area contributed by atoms with Gasteiger partial charge in [-0.25, -0.2) is 14.6 Å². The van der Waals surface area contributed by atoms with E-state index < -0.39 is 35.2 Å². The van der Waals surface area contributed by atoms with Gasteiger partial charge in [-0.05, 0) is 41.5 Å². The molecule has 0 aliphatic carbocycles. The average molecular weight is 726 g/mol. The normalized spacial score (nSPS) is 17.3. The highest BCUT2D eigenvalue weighted by Crippen LogP contribution is 2.42. The lowest BCUT2D eigenvalue weighted by atomic mass is 10.0. The van der Waals surface area contributed by atoms with Crippen LogP contribution in [0.5, 0.6) is 11.5 Å². The molecule has 0 spiro atoms. The quantitative estimate of drug-likeness (QED) is 0.0402. The Morgan fingerprint density at radius 3 is 2.65 bits per heavy atom. The molecule has 1 saturated heterocycles.